The molecule has 5 heteroatoms. The minimum Gasteiger partial charge on any atom is -0.255 e. The van der Waals surface area contributed by atoms with E-state index >= 15 is 0 Å². The number of rotatable bonds is 4. The maximum Gasteiger partial charge on any atom is 0.0991 e. The summed E-state index contributed by atoms with van der Waals surface area (Å²) < 4.78 is 1.20. The normalized spacial score (nSPS) is 10.8. The Morgan fingerprint density at radius 3 is 2.43 bits per heavy atom. The first-order chi connectivity index (χ1) is 11.2. The van der Waals surface area contributed by atoms with Gasteiger partial charge in [-0.15, -0.1) is 11.3 Å². The molecule has 0 saturated carbocycles. The van der Waals surface area contributed by atoms with E-state index in [1.807, 2.05) is 42.6 Å². The number of hydrogen-bond donors (Lipinski definition) is 0. The van der Waals surface area contributed by atoms with Gasteiger partial charge in [0.1, 0.15) is 0 Å². The third kappa shape index (κ3) is 4.46. The smallest absolute Gasteiger partial charge is 0.0991 e. The van der Waals surface area contributed by atoms with Crippen LogP contribution in [0.1, 0.15) is 10.4 Å². The molecule has 0 fully saturated rings. The second kappa shape index (κ2) is 7.47. The standard InChI is InChI=1S/C18H11ClN2S2/c19-14-3-7-16(8-4-14)22-18-10-9-17(23-18)12-21-15-5-1-13(11-20)2-6-15/h1-10,12H. The van der Waals surface area contributed by atoms with E-state index in [2.05, 4.69) is 23.2 Å². The SMILES string of the molecule is N#Cc1ccc(N=Cc2ccc(Sc3ccc(Cl)cc3)s2)cc1. The summed E-state index contributed by atoms with van der Waals surface area (Å²) in [5, 5.41) is 9.53. The lowest BCUT2D eigenvalue weighted by Gasteiger charge is -1.97. The lowest BCUT2D eigenvalue weighted by molar-refractivity contribution is 1.46. The Hall–Kier alpha value is -2.06. The second-order valence-electron chi connectivity index (χ2n) is 4.63. The molecule has 112 valence electrons. The van der Waals surface area contributed by atoms with E-state index in [9.17, 15) is 0 Å². The minimum atomic E-state index is 0.640. The van der Waals surface area contributed by atoms with Crippen molar-refractivity contribution in [2.24, 2.45) is 4.99 Å². The zero-order chi connectivity index (χ0) is 16.1. The molecule has 0 bridgehead atoms. The van der Waals surface area contributed by atoms with Crippen LogP contribution in [0.5, 0.6) is 0 Å². The number of nitriles is 1. The van der Waals surface area contributed by atoms with Crippen molar-refractivity contribution in [3.63, 3.8) is 0 Å². The van der Waals surface area contributed by atoms with Gasteiger partial charge in [-0.05, 0) is 60.7 Å². The van der Waals surface area contributed by atoms with Crippen molar-refractivity contribution in [2.45, 2.75) is 9.10 Å². The summed E-state index contributed by atoms with van der Waals surface area (Å²) in [5.41, 5.74) is 1.48. The average molecular weight is 355 g/mol. The van der Waals surface area contributed by atoms with Crippen molar-refractivity contribution >= 4 is 46.6 Å². The lowest BCUT2D eigenvalue weighted by atomic mass is 10.2. The number of aliphatic imine (C=N–C) groups is 1. The van der Waals surface area contributed by atoms with E-state index in [4.69, 9.17) is 16.9 Å². The number of hydrogen-bond acceptors (Lipinski definition) is 4. The molecule has 2 nitrogen and oxygen atoms in total. The minimum absolute atomic E-state index is 0.640. The molecular formula is C18H11ClN2S2. The summed E-state index contributed by atoms with van der Waals surface area (Å²) in [4.78, 5) is 6.68. The third-order valence-electron chi connectivity index (χ3n) is 2.97. The van der Waals surface area contributed by atoms with Crippen LogP contribution in [-0.4, -0.2) is 6.21 Å². The van der Waals surface area contributed by atoms with Gasteiger partial charge in [0.2, 0.25) is 0 Å². The zero-order valence-corrected chi connectivity index (χ0v) is 14.3. The van der Waals surface area contributed by atoms with Crippen molar-refractivity contribution in [1.29, 1.82) is 5.26 Å². The third-order valence-corrected chi connectivity index (χ3v) is 5.38. The summed E-state index contributed by atoms with van der Waals surface area (Å²) in [6, 6.07) is 21.3. The maximum atomic E-state index is 8.78. The van der Waals surface area contributed by atoms with Gasteiger partial charge in [0.15, 0.2) is 0 Å². The van der Waals surface area contributed by atoms with Crippen LogP contribution >= 0.6 is 34.7 Å². The molecule has 0 aliphatic rings. The van der Waals surface area contributed by atoms with Gasteiger partial charge in [-0.2, -0.15) is 5.26 Å². The molecular weight excluding hydrogens is 344 g/mol. The van der Waals surface area contributed by atoms with E-state index in [0.29, 0.717) is 5.56 Å². The molecule has 0 saturated heterocycles. The summed E-state index contributed by atoms with van der Waals surface area (Å²) in [5.74, 6) is 0. The first kappa shape index (κ1) is 15.8. The molecule has 0 aliphatic carbocycles. The highest BCUT2D eigenvalue weighted by atomic mass is 35.5. The van der Waals surface area contributed by atoms with Gasteiger partial charge < -0.3 is 0 Å². The molecule has 0 amide bonds. The Morgan fingerprint density at radius 1 is 1.00 bits per heavy atom. The van der Waals surface area contributed by atoms with Crippen LogP contribution in [0, 0.1) is 11.3 Å². The zero-order valence-electron chi connectivity index (χ0n) is 11.9. The van der Waals surface area contributed by atoms with Crippen LogP contribution in [-0.2, 0) is 0 Å². The molecule has 0 N–H and O–H groups in total. The topological polar surface area (TPSA) is 36.1 Å². The molecule has 1 heterocycles. The highest BCUT2D eigenvalue weighted by Crippen LogP contribution is 2.33. The van der Waals surface area contributed by atoms with Crippen molar-refractivity contribution in [3.05, 3.63) is 76.1 Å². The molecule has 2 aromatic carbocycles. The van der Waals surface area contributed by atoms with Gasteiger partial charge in [0.25, 0.3) is 0 Å². The Morgan fingerprint density at radius 2 is 1.74 bits per heavy atom. The molecule has 0 spiro atoms. The number of thiophene rings is 1. The predicted octanol–water partition coefficient (Wildman–Crippen LogP) is 6.17. The molecule has 3 rings (SSSR count). The molecule has 0 atom stereocenters. The Bertz CT molecular complexity index is 859. The largest absolute Gasteiger partial charge is 0.255 e. The van der Waals surface area contributed by atoms with Crippen LogP contribution in [0.2, 0.25) is 5.02 Å². The summed E-state index contributed by atoms with van der Waals surface area (Å²) in [6.07, 6.45) is 1.85. The van der Waals surface area contributed by atoms with Crippen molar-refractivity contribution < 1.29 is 0 Å². The quantitative estimate of drug-likeness (QED) is 0.525. The van der Waals surface area contributed by atoms with Gasteiger partial charge in [0.05, 0.1) is 21.5 Å². The van der Waals surface area contributed by atoms with E-state index in [1.165, 1.54) is 4.21 Å². The first-order valence-electron chi connectivity index (χ1n) is 6.80. The summed E-state index contributed by atoms with van der Waals surface area (Å²) >= 11 is 9.29. The Kier molecular flexibility index (Phi) is 5.14. The maximum absolute atomic E-state index is 8.78. The van der Waals surface area contributed by atoms with Crippen molar-refractivity contribution in [2.75, 3.05) is 0 Å². The monoisotopic (exact) mass is 354 g/mol. The molecule has 23 heavy (non-hydrogen) atoms. The molecule has 0 unspecified atom stereocenters. The molecule has 0 radical (unpaired) electrons. The average Bonchev–Trinajstić information content (AvgIpc) is 3.03. The fraction of sp³-hybridized carbons (Fsp3) is 0. The van der Waals surface area contributed by atoms with Crippen molar-refractivity contribution in [3.8, 4) is 6.07 Å². The van der Waals surface area contributed by atoms with Crippen LogP contribution in [0.3, 0.4) is 0 Å². The Balaban J connectivity index is 1.67. The first-order valence-corrected chi connectivity index (χ1v) is 8.81. The predicted molar refractivity (Wildman–Crippen MR) is 98.3 cm³/mol. The number of halogens is 1. The highest BCUT2D eigenvalue weighted by Gasteiger charge is 2.01. The van der Waals surface area contributed by atoms with Crippen LogP contribution < -0.4 is 0 Å². The van der Waals surface area contributed by atoms with E-state index in [-0.39, 0.29) is 0 Å². The van der Waals surface area contributed by atoms with E-state index < -0.39 is 0 Å². The van der Waals surface area contributed by atoms with Gasteiger partial charge in [0, 0.05) is 21.0 Å². The van der Waals surface area contributed by atoms with Gasteiger partial charge in [-0.3, -0.25) is 4.99 Å². The van der Waals surface area contributed by atoms with Crippen molar-refractivity contribution in [1.82, 2.24) is 0 Å². The molecule has 3 aromatic rings. The Labute approximate surface area is 148 Å². The van der Waals surface area contributed by atoms with Gasteiger partial charge >= 0.3 is 0 Å². The lowest BCUT2D eigenvalue weighted by Crippen LogP contribution is -1.74. The van der Waals surface area contributed by atoms with Crippen LogP contribution in [0.25, 0.3) is 0 Å². The molecule has 0 aliphatic heterocycles. The number of benzene rings is 2. The summed E-state index contributed by atoms with van der Waals surface area (Å²) in [7, 11) is 0. The van der Waals surface area contributed by atoms with Crippen LogP contribution in [0.15, 0.2) is 74.8 Å². The van der Waals surface area contributed by atoms with Crippen LogP contribution in [0.4, 0.5) is 5.69 Å². The van der Waals surface area contributed by atoms with Gasteiger partial charge in [-0.25, -0.2) is 0 Å². The van der Waals surface area contributed by atoms with E-state index in [1.54, 1.807) is 35.2 Å². The molecule has 1 aromatic heterocycles. The fourth-order valence-corrected chi connectivity index (χ4v) is 3.96. The van der Waals surface area contributed by atoms with E-state index in [0.717, 1.165) is 20.5 Å². The number of nitrogens with zero attached hydrogens (tertiary/aromatic N) is 2. The highest BCUT2D eigenvalue weighted by molar-refractivity contribution is 8.01. The van der Waals surface area contributed by atoms with Gasteiger partial charge in [-0.1, -0.05) is 23.4 Å². The summed E-state index contributed by atoms with van der Waals surface area (Å²) in [6.45, 7) is 0. The fourth-order valence-electron chi connectivity index (χ4n) is 1.84. The second-order valence-corrected chi connectivity index (χ2v) is 7.56.